The Morgan fingerprint density at radius 2 is 2.04 bits per heavy atom. The van der Waals surface area contributed by atoms with Crippen molar-refractivity contribution in [1.29, 1.82) is 0 Å². The lowest BCUT2D eigenvalue weighted by Crippen LogP contribution is -2.36. The van der Waals surface area contributed by atoms with Crippen LogP contribution in [0.2, 0.25) is 5.02 Å². The Morgan fingerprint density at radius 3 is 2.84 bits per heavy atom. The largest absolute Gasteiger partial charge is 0.341 e. The molecule has 0 spiro atoms. The van der Waals surface area contributed by atoms with E-state index in [1.54, 1.807) is 0 Å². The molecule has 1 amide bonds. The van der Waals surface area contributed by atoms with Crippen LogP contribution in [0.5, 0.6) is 0 Å². The second-order valence-corrected chi connectivity index (χ2v) is 8.25. The third kappa shape index (κ3) is 2.34. The molecule has 25 heavy (non-hydrogen) atoms. The van der Waals surface area contributed by atoms with Crippen molar-refractivity contribution >= 4 is 28.4 Å². The number of fused-ring (bicyclic) bond motifs is 6. The van der Waals surface area contributed by atoms with Crippen LogP contribution in [0.4, 0.5) is 0 Å². The van der Waals surface area contributed by atoms with Crippen molar-refractivity contribution in [3.63, 3.8) is 0 Å². The van der Waals surface area contributed by atoms with Crippen LogP contribution in [0.15, 0.2) is 18.2 Å². The number of likely N-dealkylation sites (N-methyl/N-ethyl adjacent to an activating group) is 1. The normalized spacial score (nSPS) is 25.8. The van der Waals surface area contributed by atoms with Crippen molar-refractivity contribution in [2.24, 2.45) is 0 Å². The second kappa shape index (κ2) is 5.75. The Morgan fingerprint density at radius 1 is 1.24 bits per heavy atom. The van der Waals surface area contributed by atoms with E-state index in [4.69, 9.17) is 11.6 Å². The van der Waals surface area contributed by atoms with Gasteiger partial charge in [0.25, 0.3) is 0 Å². The highest BCUT2D eigenvalue weighted by molar-refractivity contribution is 6.31. The first kappa shape index (κ1) is 15.7. The van der Waals surface area contributed by atoms with Gasteiger partial charge in [0.15, 0.2) is 0 Å². The molecule has 3 aliphatic rings. The highest BCUT2D eigenvalue weighted by Crippen LogP contribution is 2.47. The van der Waals surface area contributed by atoms with Crippen molar-refractivity contribution in [1.82, 2.24) is 14.4 Å². The number of likely N-dealkylation sites (tertiary alicyclic amines) is 1. The Kier molecular flexibility index (Phi) is 3.61. The summed E-state index contributed by atoms with van der Waals surface area (Å²) in [4.78, 5) is 17.4. The molecule has 2 bridgehead atoms. The summed E-state index contributed by atoms with van der Waals surface area (Å²) in [6.45, 7) is 2.30. The smallest absolute Gasteiger partial charge is 0.242 e. The van der Waals surface area contributed by atoms with E-state index in [0.29, 0.717) is 18.6 Å². The van der Waals surface area contributed by atoms with Gasteiger partial charge >= 0.3 is 0 Å². The summed E-state index contributed by atoms with van der Waals surface area (Å²) >= 11 is 6.32. The van der Waals surface area contributed by atoms with Crippen LogP contribution in [0, 0.1) is 0 Å². The number of benzene rings is 1. The maximum Gasteiger partial charge on any atom is 0.242 e. The summed E-state index contributed by atoms with van der Waals surface area (Å²) in [6.07, 6.45) is 5.78. The van der Waals surface area contributed by atoms with Crippen molar-refractivity contribution in [2.45, 2.75) is 50.7 Å². The lowest BCUT2D eigenvalue weighted by Gasteiger charge is -2.32. The predicted molar refractivity (Wildman–Crippen MR) is 100.0 cm³/mol. The number of carbonyl (C=O) groups excluding carboxylic acids is 1. The van der Waals surface area contributed by atoms with Crippen LogP contribution in [0.1, 0.15) is 43.0 Å². The molecule has 4 heterocycles. The first-order valence-corrected chi connectivity index (χ1v) is 9.81. The van der Waals surface area contributed by atoms with E-state index in [-0.39, 0.29) is 5.91 Å². The van der Waals surface area contributed by atoms with Gasteiger partial charge in [-0.1, -0.05) is 11.6 Å². The quantitative estimate of drug-likeness (QED) is 0.821. The van der Waals surface area contributed by atoms with Gasteiger partial charge in [0.2, 0.25) is 5.91 Å². The van der Waals surface area contributed by atoms with Crippen LogP contribution in [0.3, 0.4) is 0 Å². The molecule has 2 aromatic rings. The van der Waals surface area contributed by atoms with E-state index < -0.39 is 0 Å². The second-order valence-electron chi connectivity index (χ2n) is 7.81. The van der Waals surface area contributed by atoms with E-state index >= 15 is 0 Å². The summed E-state index contributed by atoms with van der Waals surface area (Å²) < 4.78 is 2.29. The fourth-order valence-corrected chi connectivity index (χ4v) is 5.38. The first-order chi connectivity index (χ1) is 12.1. The topological polar surface area (TPSA) is 28.5 Å². The molecule has 5 heteroatoms. The molecule has 4 nitrogen and oxygen atoms in total. The summed E-state index contributed by atoms with van der Waals surface area (Å²) in [7, 11) is 2.24. The van der Waals surface area contributed by atoms with Gasteiger partial charge < -0.3 is 9.47 Å². The molecule has 3 aliphatic heterocycles. The lowest BCUT2D eigenvalue weighted by molar-refractivity contribution is -0.130. The van der Waals surface area contributed by atoms with Gasteiger partial charge in [-0.3, -0.25) is 9.69 Å². The zero-order chi connectivity index (χ0) is 17.1. The first-order valence-electron chi connectivity index (χ1n) is 9.43. The number of amides is 1. The molecule has 2 saturated heterocycles. The minimum Gasteiger partial charge on any atom is -0.341 e. The molecular formula is C20H24ClN3O. The van der Waals surface area contributed by atoms with Crippen LogP contribution < -0.4 is 0 Å². The molecular weight excluding hydrogens is 334 g/mol. The molecule has 132 valence electrons. The zero-order valence-corrected chi connectivity index (χ0v) is 15.4. The van der Waals surface area contributed by atoms with Crippen LogP contribution in [0.25, 0.3) is 10.9 Å². The number of halogens is 1. The number of carbonyl (C=O) groups is 1. The summed E-state index contributed by atoms with van der Waals surface area (Å²) in [6, 6.07) is 7.23. The van der Waals surface area contributed by atoms with Gasteiger partial charge in [-0.25, -0.2) is 0 Å². The third-order valence-electron chi connectivity index (χ3n) is 6.53. The average molecular weight is 358 g/mol. The fourth-order valence-electron chi connectivity index (χ4n) is 5.21. The van der Waals surface area contributed by atoms with Crippen molar-refractivity contribution in [3.8, 4) is 0 Å². The number of rotatable bonds is 2. The van der Waals surface area contributed by atoms with Crippen LogP contribution in [-0.2, 0) is 17.8 Å². The molecule has 0 N–H and O–H groups in total. The SMILES string of the molecule is CN1C2CCC1c1c(n(CC(=O)N3CCCC3)c3ccc(Cl)cc13)C2. The highest BCUT2D eigenvalue weighted by Gasteiger charge is 2.41. The van der Waals surface area contributed by atoms with Gasteiger partial charge in [0, 0.05) is 53.2 Å². The Hall–Kier alpha value is -1.52. The Balaban J connectivity index is 1.63. The summed E-state index contributed by atoms with van der Waals surface area (Å²) in [5.41, 5.74) is 3.96. The molecule has 2 unspecified atom stereocenters. The monoisotopic (exact) mass is 357 g/mol. The number of hydrogen-bond acceptors (Lipinski definition) is 2. The number of nitrogens with zero attached hydrogens (tertiary/aromatic N) is 3. The fraction of sp³-hybridized carbons (Fsp3) is 0.550. The van der Waals surface area contributed by atoms with E-state index in [9.17, 15) is 4.79 Å². The van der Waals surface area contributed by atoms with E-state index in [2.05, 4.69) is 28.6 Å². The van der Waals surface area contributed by atoms with Gasteiger partial charge in [-0.05, 0) is 56.5 Å². The van der Waals surface area contributed by atoms with Gasteiger partial charge in [0.1, 0.15) is 6.54 Å². The molecule has 2 atom stereocenters. The van der Waals surface area contributed by atoms with Crippen LogP contribution in [-0.4, -0.2) is 46.5 Å². The van der Waals surface area contributed by atoms with E-state index in [1.807, 2.05) is 11.0 Å². The van der Waals surface area contributed by atoms with Gasteiger partial charge in [-0.2, -0.15) is 0 Å². The Bertz CT molecular complexity index is 852. The van der Waals surface area contributed by atoms with E-state index in [1.165, 1.54) is 35.0 Å². The number of hydrogen-bond donors (Lipinski definition) is 0. The lowest BCUT2D eigenvalue weighted by atomic mass is 9.97. The van der Waals surface area contributed by atoms with Gasteiger partial charge in [-0.15, -0.1) is 0 Å². The Labute approximate surface area is 153 Å². The average Bonchev–Trinajstić information content (AvgIpc) is 3.27. The predicted octanol–water partition coefficient (Wildman–Crippen LogP) is 3.61. The minimum atomic E-state index is 0.262. The van der Waals surface area contributed by atoms with Crippen molar-refractivity contribution in [3.05, 3.63) is 34.5 Å². The summed E-state index contributed by atoms with van der Waals surface area (Å²) in [5, 5.41) is 2.02. The van der Waals surface area contributed by atoms with E-state index in [0.717, 1.165) is 37.4 Å². The number of aromatic nitrogens is 1. The maximum absolute atomic E-state index is 12.8. The van der Waals surface area contributed by atoms with Gasteiger partial charge in [0.05, 0.1) is 0 Å². The standard InChI is InChI=1S/C20H24ClN3O/c1-22-14-5-7-17(22)20-15-10-13(21)4-6-16(15)24(18(20)11-14)12-19(25)23-8-2-3-9-23/h4,6,10,14,17H,2-3,5,7-9,11-12H2,1H3. The van der Waals surface area contributed by atoms with Crippen LogP contribution >= 0.6 is 11.6 Å². The van der Waals surface area contributed by atoms with Crippen molar-refractivity contribution < 1.29 is 4.79 Å². The summed E-state index contributed by atoms with van der Waals surface area (Å²) in [5.74, 6) is 0.262. The molecule has 0 radical (unpaired) electrons. The minimum absolute atomic E-state index is 0.262. The van der Waals surface area contributed by atoms with Crippen molar-refractivity contribution in [2.75, 3.05) is 20.1 Å². The molecule has 2 fully saturated rings. The maximum atomic E-state index is 12.8. The molecule has 1 aromatic carbocycles. The molecule has 1 aromatic heterocycles. The third-order valence-corrected chi connectivity index (χ3v) is 6.77. The molecule has 0 saturated carbocycles. The zero-order valence-electron chi connectivity index (χ0n) is 14.7. The molecule has 0 aliphatic carbocycles. The highest BCUT2D eigenvalue weighted by atomic mass is 35.5. The molecule has 5 rings (SSSR count).